The van der Waals surface area contributed by atoms with E-state index in [-0.39, 0.29) is 5.75 Å². The predicted molar refractivity (Wildman–Crippen MR) is 87.1 cm³/mol. The number of aromatic nitrogens is 2. The molecule has 0 aliphatic rings. The minimum Gasteiger partial charge on any atom is -0.318 e. The molecule has 0 aliphatic carbocycles. The second kappa shape index (κ2) is 5.83. The lowest BCUT2D eigenvalue weighted by molar-refractivity contribution is -0.672. The summed E-state index contributed by atoms with van der Waals surface area (Å²) in [5.74, 6) is -0.220. The molecule has 7 heteroatoms. The van der Waals surface area contributed by atoms with Gasteiger partial charge in [-0.3, -0.25) is 4.55 Å². The summed E-state index contributed by atoms with van der Waals surface area (Å²) in [6.45, 7) is 2.58. The molecule has 2 aromatic heterocycles. The third-order valence-corrected chi connectivity index (χ3v) is 5.42. The van der Waals surface area contributed by atoms with Gasteiger partial charge < -0.3 is 4.57 Å². The van der Waals surface area contributed by atoms with Crippen molar-refractivity contribution in [2.24, 2.45) is 0 Å². The molecular weight excluding hydrogens is 320 g/mol. The highest BCUT2D eigenvalue weighted by molar-refractivity contribution is 7.85. The predicted octanol–water partition coefficient (Wildman–Crippen LogP) is 2.57. The summed E-state index contributed by atoms with van der Waals surface area (Å²) < 4.78 is 36.0. The topological polar surface area (TPSA) is 63.2 Å². The highest BCUT2D eigenvalue weighted by Gasteiger charge is 2.21. The van der Waals surface area contributed by atoms with Crippen molar-refractivity contribution in [1.29, 1.82) is 0 Å². The van der Waals surface area contributed by atoms with E-state index in [4.69, 9.17) is 4.55 Å². The summed E-state index contributed by atoms with van der Waals surface area (Å²) in [5, 5.41) is 1.12. The van der Waals surface area contributed by atoms with E-state index in [1.807, 2.05) is 48.1 Å². The molecule has 3 rings (SSSR count). The van der Waals surface area contributed by atoms with Crippen molar-refractivity contribution in [3.8, 4) is 5.69 Å². The third kappa shape index (κ3) is 3.06. The molecule has 116 valence electrons. The van der Waals surface area contributed by atoms with E-state index < -0.39 is 10.1 Å². The summed E-state index contributed by atoms with van der Waals surface area (Å²) in [5.41, 5.74) is 2.16. The summed E-state index contributed by atoms with van der Waals surface area (Å²) in [4.78, 5) is 0. The molecule has 2 heterocycles. The normalized spacial score (nSPS) is 12.1. The molecule has 0 atom stereocenters. The van der Waals surface area contributed by atoms with E-state index >= 15 is 0 Å². The molecule has 0 saturated carbocycles. The van der Waals surface area contributed by atoms with Crippen LogP contribution >= 0.6 is 11.3 Å². The summed E-state index contributed by atoms with van der Waals surface area (Å²) >= 11 is 1.69. The third-order valence-electron chi connectivity index (χ3n) is 3.55. The van der Waals surface area contributed by atoms with Crippen molar-refractivity contribution < 1.29 is 17.5 Å². The van der Waals surface area contributed by atoms with Gasteiger partial charge in [-0.2, -0.15) is 13.0 Å². The van der Waals surface area contributed by atoms with Crippen molar-refractivity contribution in [1.82, 2.24) is 4.57 Å². The molecule has 22 heavy (non-hydrogen) atoms. The Bertz CT molecular complexity index is 896. The molecule has 0 unspecified atom stereocenters. The number of aryl methyl sites for hydroxylation is 2. The minimum atomic E-state index is -3.91. The number of hydrogen-bond acceptors (Lipinski definition) is 3. The average molecular weight is 337 g/mol. The Hall–Kier alpha value is -1.70. The van der Waals surface area contributed by atoms with Crippen LogP contribution in [0.25, 0.3) is 15.9 Å². The molecule has 3 aromatic rings. The number of rotatable bonds is 5. The van der Waals surface area contributed by atoms with Crippen molar-refractivity contribution >= 4 is 31.7 Å². The minimum absolute atomic E-state index is 0.220. The van der Waals surface area contributed by atoms with Gasteiger partial charge in [0.15, 0.2) is 6.54 Å². The molecule has 1 aromatic carbocycles. The zero-order valence-electron chi connectivity index (χ0n) is 12.1. The van der Waals surface area contributed by atoms with Gasteiger partial charge in [-0.15, -0.1) is 0 Å². The Labute approximate surface area is 133 Å². The molecule has 0 spiro atoms. The number of benzene rings is 1. The second-order valence-electron chi connectivity index (χ2n) is 5.13. The second-order valence-corrected chi connectivity index (χ2v) is 7.93. The molecule has 5 nitrogen and oxygen atoms in total. The van der Waals surface area contributed by atoms with Crippen LogP contribution in [-0.4, -0.2) is 23.3 Å². The zero-order valence-corrected chi connectivity index (χ0v) is 13.8. The van der Waals surface area contributed by atoms with Crippen LogP contribution < -0.4 is 4.57 Å². The van der Waals surface area contributed by atoms with Crippen LogP contribution in [0.3, 0.4) is 0 Å². The lowest BCUT2D eigenvalue weighted by atomic mass is 10.2. The number of para-hydroxylation sites is 1. The van der Waals surface area contributed by atoms with Crippen LogP contribution in [0.4, 0.5) is 0 Å². The van der Waals surface area contributed by atoms with Gasteiger partial charge in [0.25, 0.3) is 10.1 Å². The first-order valence-electron chi connectivity index (χ1n) is 6.96. The molecular formula is C15H17N2O3S2+. The van der Waals surface area contributed by atoms with E-state index in [0.29, 0.717) is 13.0 Å². The van der Waals surface area contributed by atoms with Gasteiger partial charge >= 0.3 is 0 Å². The number of fused-ring (bicyclic) bond motifs is 1. The lowest BCUT2D eigenvalue weighted by Crippen LogP contribution is -2.36. The van der Waals surface area contributed by atoms with Crippen molar-refractivity contribution in [2.45, 2.75) is 19.9 Å². The summed E-state index contributed by atoms with van der Waals surface area (Å²) in [7, 11) is -3.91. The van der Waals surface area contributed by atoms with Crippen LogP contribution in [0, 0.1) is 6.92 Å². The Kier molecular flexibility index (Phi) is 4.03. The van der Waals surface area contributed by atoms with Crippen LogP contribution in [0.5, 0.6) is 0 Å². The van der Waals surface area contributed by atoms with Crippen molar-refractivity contribution in [3.05, 3.63) is 47.7 Å². The maximum atomic E-state index is 10.9. The van der Waals surface area contributed by atoms with Crippen molar-refractivity contribution in [3.63, 3.8) is 0 Å². The average Bonchev–Trinajstić information content (AvgIpc) is 3.05. The quantitative estimate of drug-likeness (QED) is 0.575. The molecule has 1 N–H and O–H groups in total. The van der Waals surface area contributed by atoms with Gasteiger partial charge in [0.2, 0.25) is 10.5 Å². The van der Waals surface area contributed by atoms with E-state index in [1.54, 1.807) is 11.3 Å². The van der Waals surface area contributed by atoms with Crippen LogP contribution in [0.1, 0.15) is 11.4 Å². The van der Waals surface area contributed by atoms with E-state index in [0.717, 1.165) is 20.9 Å². The first-order valence-corrected chi connectivity index (χ1v) is 9.39. The molecule has 0 bridgehead atoms. The van der Waals surface area contributed by atoms with Gasteiger partial charge in [0, 0.05) is 25.7 Å². The summed E-state index contributed by atoms with van der Waals surface area (Å²) in [6.07, 6.45) is 4.37. The first kappa shape index (κ1) is 15.2. The van der Waals surface area contributed by atoms with Crippen LogP contribution in [0.15, 0.2) is 42.7 Å². The van der Waals surface area contributed by atoms with Crippen LogP contribution in [0.2, 0.25) is 0 Å². The smallest absolute Gasteiger partial charge is 0.265 e. The van der Waals surface area contributed by atoms with Gasteiger partial charge in [-0.25, -0.2) is 0 Å². The largest absolute Gasteiger partial charge is 0.318 e. The van der Waals surface area contributed by atoms with E-state index in [2.05, 4.69) is 10.6 Å². The monoisotopic (exact) mass is 337 g/mol. The van der Waals surface area contributed by atoms with Gasteiger partial charge in [-0.05, 0) is 24.3 Å². The first-order chi connectivity index (χ1) is 10.5. The standard InChI is InChI=1S/C15H16N2O3S2/c1-12-17(10-5-11-22(18,19)20)15-13(16-8-2-3-9-16)6-4-7-14(15)21-12/h2-4,6-9H,5,10-11H2,1H3/p+1. The molecule has 0 amide bonds. The molecule has 0 fully saturated rings. The van der Waals surface area contributed by atoms with E-state index in [1.165, 1.54) is 0 Å². The lowest BCUT2D eigenvalue weighted by Gasteiger charge is -2.04. The Morgan fingerprint density at radius 1 is 1.23 bits per heavy atom. The van der Waals surface area contributed by atoms with Crippen molar-refractivity contribution in [2.75, 3.05) is 5.75 Å². The summed E-state index contributed by atoms with van der Waals surface area (Å²) in [6, 6.07) is 10.1. The Balaban J connectivity index is 2.04. The SMILES string of the molecule is Cc1sc2cccc(-n3cccc3)c2[n+]1CCCS(=O)(=O)O. The van der Waals surface area contributed by atoms with Gasteiger partial charge in [0.1, 0.15) is 10.4 Å². The molecule has 0 saturated heterocycles. The molecule has 0 radical (unpaired) electrons. The highest BCUT2D eigenvalue weighted by atomic mass is 32.2. The fourth-order valence-corrected chi connectivity index (χ4v) is 4.18. The van der Waals surface area contributed by atoms with Gasteiger partial charge in [0.05, 0.1) is 5.75 Å². The van der Waals surface area contributed by atoms with Crippen LogP contribution in [-0.2, 0) is 16.7 Å². The molecule has 0 aliphatic heterocycles. The number of hydrogen-bond donors (Lipinski definition) is 1. The number of nitrogens with zero attached hydrogens (tertiary/aromatic N) is 2. The van der Waals surface area contributed by atoms with Gasteiger partial charge in [-0.1, -0.05) is 17.4 Å². The maximum absolute atomic E-state index is 10.9. The number of thiazole rings is 1. The fourth-order valence-electron chi connectivity index (χ4n) is 2.61. The fraction of sp³-hybridized carbons (Fsp3) is 0.267. The maximum Gasteiger partial charge on any atom is 0.265 e. The zero-order chi connectivity index (χ0) is 15.7. The van der Waals surface area contributed by atoms with E-state index in [9.17, 15) is 8.42 Å². The Morgan fingerprint density at radius 2 is 1.95 bits per heavy atom. The Morgan fingerprint density at radius 3 is 2.64 bits per heavy atom. The highest BCUT2D eigenvalue weighted by Crippen LogP contribution is 2.25.